The molecule has 5 nitrogen and oxygen atoms in total. The summed E-state index contributed by atoms with van der Waals surface area (Å²) in [5, 5.41) is 9.45. The number of aliphatic hydroxyl groups is 1. The van der Waals surface area contributed by atoms with Crippen molar-refractivity contribution >= 4 is 12.7 Å². The summed E-state index contributed by atoms with van der Waals surface area (Å²) in [6.07, 6.45) is -1.08. The Hall–Kier alpha value is -0.940. The lowest BCUT2D eigenvalue weighted by molar-refractivity contribution is -0.256. The summed E-state index contributed by atoms with van der Waals surface area (Å²) in [7, 11) is 0. The van der Waals surface area contributed by atoms with Gasteiger partial charge in [0, 0.05) is 0 Å². The van der Waals surface area contributed by atoms with Gasteiger partial charge >= 0.3 is 0 Å². The standard InChI is InChI=1S/C7H13NO4/c1-7(2,3)12-8(5-10)6(11)4-9/h4-6,11H,1-3H3. The first-order chi connectivity index (χ1) is 5.40. The summed E-state index contributed by atoms with van der Waals surface area (Å²) in [6.45, 7) is 5.09. The molecule has 1 atom stereocenters. The molecule has 5 heteroatoms. The minimum Gasteiger partial charge on any atom is -0.365 e. The summed E-state index contributed by atoms with van der Waals surface area (Å²) in [6, 6.07) is 0. The van der Waals surface area contributed by atoms with Gasteiger partial charge in [0.2, 0.25) is 12.6 Å². The van der Waals surface area contributed by atoms with E-state index in [4.69, 9.17) is 9.94 Å². The van der Waals surface area contributed by atoms with Crippen LogP contribution in [0, 0.1) is 0 Å². The maximum Gasteiger partial charge on any atom is 0.236 e. The van der Waals surface area contributed by atoms with Crippen molar-refractivity contribution in [3.63, 3.8) is 0 Å². The second-order valence-corrected chi connectivity index (χ2v) is 3.22. The zero-order valence-electron chi connectivity index (χ0n) is 7.35. The van der Waals surface area contributed by atoms with E-state index in [-0.39, 0.29) is 12.7 Å². The first-order valence-electron chi connectivity index (χ1n) is 3.47. The Kier molecular flexibility index (Phi) is 3.85. The highest BCUT2D eigenvalue weighted by Gasteiger charge is 2.20. The maximum atomic E-state index is 10.3. The highest BCUT2D eigenvalue weighted by atomic mass is 16.7. The van der Waals surface area contributed by atoms with Crippen LogP contribution in [0.1, 0.15) is 20.8 Å². The van der Waals surface area contributed by atoms with E-state index in [1.165, 1.54) is 0 Å². The van der Waals surface area contributed by atoms with Gasteiger partial charge in [-0.3, -0.25) is 14.4 Å². The lowest BCUT2D eigenvalue weighted by atomic mass is 10.2. The highest BCUT2D eigenvalue weighted by Crippen LogP contribution is 2.09. The SMILES string of the molecule is CC(C)(C)ON(C=O)C(O)C=O. The van der Waals surface area contributed by atoms with Gasteiger partial charge in [0.1, 0.15) is 0 Å². The zero-order chi connectivity index (χ0) is 9.78. The fourth-order valence-electron chi connectivity index (χ4n) is 0.514. The van der Waals surface area contributed by atoms with Gasteiger partial charge in [-0.2, -0.15) is 5.06 Å². The lowest BCUT2D eigenvalue weighted by Crippen LogP contribution is -2.41. The topological polar surface area (TPSA) is 66.8 Å². The molecule has 12 heavy (non-hydrogen) atoms. The third-order valence-corrected chi connectivity index (χ3v) is 0.866. The van der Waals surface area contributed by atoms with Crippen LogP contribution in [0.3, 0.4) is 0 Å². The summed E-state index contributed by atoms with van der Waals surface area (Å²) in [4.78, 5) is 25.2. The molecule has 1 amide bonds. The maximum absolute atomic E-state index is 10.3. The molecular weight excluding hydrogens is 162 g/mol. The van der Waals surface area contributed by atoms with Gasteiger partial charge in [0.05, 0.1) is 5.60 Å². The quantitative estimate of drug-likeness (QED) is 0.361. The molecule has 1 unspecified atom stereocenters. The Morgan fingerprint density at radius 3 is 2.17 bits per heavy atom. The fraction of sp³-hybridized carbons (Fsp3) is 0.714. The lowest BCUT2D eigenvalue weighted by Gasteiger charge is -2.27. The minimum atomic E-state index is -1.54. The Balaban J connectivity index is 4.17. The molecule has 0 bridgehead atoms. The molecule has 0 spiro atoms. The van der Waals surface area contributed by atoms with E-state index < -0.39 is 11.8 Å². The average Bonchev–Trinajstić information content (AvgIpc) is 1.97. The third kappa shape index (κ3) is 4.05. The number of hydrogen-bond acceptors (Lipinski definition) is 4. The molecule has 0 rings (SSSR count). The minimum absolute atomic E-state index is 0.208. The van der Waals surface area contributed by atoms with Gasteiger partial charge < -0.3 is 5.11 Å². The second kappa shape index (κ2) is 4.18. The number of aliphatic hydroxyl groups excluding tert-OH is 1. The smallest absolute Gasteiger partial charge is 0.236 e. The van der Waals surface area contributed by atoms with Crippen LogP contribution in [0.15, 0.2) is 0 Å². The van der Waals surface area contributed by atoms with Crippen molar-refractivity contribution in [3.05, 3.63) is 0 Å². The predicted molar refractivity (Wildman–Crippen MR) is 40.8 cm³/mol. The van der Waals surface area contributed by atoms with E-state index in [0.717, 1.165) is 0 Å². The third-order valence-electron chi connectivity index (χ3n) is 0.866. The number of rotatable bonds is 4. The molecule has 0 saturated heterocycles. The Bertz CT molecular complexity index is 163. The molecule has 1 N–H and O–H groups in total. The molecule has 0 saturated carbocycles. The summed E-state index contributed by atoms with van der Waals surface area (Å²) in [5.74, 6) is 0. The molecule has 0 fully saturated rings. The van der Waals surface area contributed by atoms with Crippen molar-refractivity contribution in [2.24, 2.45) is 0 Å². The molecule has 0 aliphatic heterocycles. The van der Waals surface area contributed by atoms with Crippen molar-refractivity contribution in [2.75, 3.05) is 0 Å². The van der Waals surface area contributed by atoms with Crippen molar-refractivity contribution < 1.29 is 19.5 Å². The van der Waals surface area contributed by atoms with Gasteiger partial charge in [0.15, 0.2) is 6.29 Å². The van der Waals surface area contributed by atoms with Gasteiger partial charge in [-0.15, -0.1) is 0 Å². The van der Waals surface area contributed by atoms with E-state index in [2.05, 4.69) is 0 Å². The molecule has 0 aromatic rings. The van der Waals surface area contributed by atoms with Crippen molar-refractivity contribution in [1.29, 1.82) is 0 Å². The highest BCUT2D eigenvalue weighted by molar-refractivity contribution is 5.60. The largest absolute Gasteiger partial charge is 0.365 e. The van der Waals surface area contributed by atoms with Crippen molar-refractivity contribution in [3.8, 4) is 0 Å². The summed E-state index contributed by atoms with van der Waals surface area (Å²) >= 11 is 0. The number of aldehydes is 1. The number of carbonyl (C=O) groups excluding carboxylic acids is 2. The number of carbonyl (C=O) groups is 2. The Labute approximate surface area is 70.9 Å². The molecule has 0 radical (unpaired) electrons. The molecule has 0 aromatic heterocycles. The van der Waals surface area contributed by atoms with Gasteiger partial charge in [-0.25, -0.2) is 0 Å². The number of hydroxylamine groups is 2. The van der Waals surface area contributed by atoms with Crippen molar-refractivity contribution in [1.82, 2.24) is 5.06 Å². The molecule has 0 heterocycles. The molecule has 0 aromatic carbocycles. The summed E-state index contributed by atoms with van der Waals surface area (Å²) in [5.41, 5.74) is -0.620. The van der Waals surface area contributed by atoms with Crippen molar-refractivity contribution in [2.45, 2.75) is 32.6 Å². The Morgan fingerprint density at radius 1 is 1.42 bits per heavy atom. The molecule has 0 aliphatic rings. The van der Waals surface area contributed by atoms with Gasteiger partial charge in [-0.1, -0.05) is 0 Å². The number of amides is 1. The van der Waals surface area contributed by atoms with Crippen LogP contribution in [0.25, 0.3) is 0 Å². The van der Waals surface area contributed by atoms with Gasteiger partial charge in [0.25, 0.3) is 0 Å². The summed E-state index contributed by atoms with van der Waals surface area (Å²) < 4.78 is 0. The van der Waals surface area contributed by atoms with Crippen LogP contribution in [0.2, 0.25) is 0 Å². The van der Waals surface area contributed by atoms with E-state index in [1.54, 1.807) is 20.8 Å². The van der Waals surface area contributed by atoms with E-state index >= 15 is 0 Å². The van der Waals surface area contributed by atoms with Crippen LogP contribution < -0.4 is 0 Å². The fourth-order valence-corrected chi connectivity index (χ4v) is 0.514. The first-order valence-corrected chi connectivity index (χ1v) is 3.47. The zero-order valence-corrected chi connectivity index (χ0v) is 7.35. The molecule has 0 aliphatic carbocycles. The normalized spacial score (nSPS) is 13.7. The Morgan fingerprint density at radius 2 is 1.92 bits per heavy atom. The van der Waals surface area contributed by atoms with Crippen LogP contribution in [-0.4, -0.2) is 34.7 Å². The van der Waals surface area contributed by atoms with E-state index in [9.17, 15) is 9.59 Å². The number of hydrogen-bond donors (Lipinski definition) is 1. The number of nitrogens with zero attached hydrogens (tertiary/aromatic N) is 1. The van der Waals surface area contributed by atoms with E-state index in [1.807, 2.05) is 0 Å². The first kappa shape index (κ1) is 11.1. The second-order valence-electron chi connectivity index (χ2n) is 3.22. The predicted octanol–water partition coefficient (Wildman–Crippen LogP) is -0.308. The van der Waals surface area contributed by atoms with Crippen LogP contribution >= 0.6 is 0 Å². The average molecular weight is 175 g/mol. The van der Waals surface area contributed by atoms with Crippen LogP contribution in [0.5, 0.6) is 0 Å². The molecule has 70 valence electrons. The van der Waals surface area contributed by atoms with Crippen LogP contribution in [0.4, 0.5) is 0 Å². The van der Waals surface area contributed by atoms with E-state index in [0.29, 0.717) is 5.06 Å². The monoisotopic (exact) mass is 175 g/mol. The van der Waals surface area contributed by atoms with Gasteiger partial charge in [-0.05, 0) is 20.8 Å². The molecular formula is C7H13NO4. The van der Waals surface area contributed by atoms with Crippen LogP contribution in [-0.2, 0) is 14.4 Å².